The Morgan fingerprint density at radius 2 is 1.98 bits per heavy atom. The van der Waals surface area contributed by atoms with E-state index in [1.165, 1.54) is 24.3 Å². The summed E-state index contributed by atoms with van der Waals surface area (Å²) in [7, 11) is 0. The zero-order chi connectivity index (χ0) is 28.8. The second-order valence-electron chi connectivity index (χ2n) is 11.8. The van der Waals surface area contributed by atoms with Crippen molar-refractivity contribution in [2.45, 2.75) is 81.9 Å². The van der Waals surface area contributed by atoms with Gasteiger partial charge in [0.1, 0.15) is 17.0 Å². The van der Waals surface area contributed by atoms with Gasteiger partial charge < -0.3 is 21.1 Å². The summed E-state index contributed by atoms with van der Waals surface area (Å²) in [5.74, 6) is -2.69. The van der Waals surface area contributed by atoms with Gasteiger partial charge in [0, 0.05) is 24.2 Å². The number of halogens is 4. The van der Waals surface area contributed by atoms with Crippen LogP contribution < -0.4 is 16.0 Å². The number of rotatable bonds is 8. The van der Waals surface area contributed by atoms with Gasteiger partial charge in [-0.25, -0.2) is 8.78 Å². The van der Waals surface area contributed by atoms with Gasteiger partial charge >= 0.3 is 0 Å². The lowest BCUT2D eigenvalue weighted by molar-refractivity contribution is -0.123. The molecule has 0 unspecified atom stereocenters. The van der Waals surface area contributed by atoms with E-state index in [0.717, 1.165) is 32.1 Å². The molecular weight excluding hydrogens is 559 g/mol. The number of nitrogens with one attached hydrogen (secondary N) is 3. The molecule has 1 aliphatic carbocycles. The molecule has 40 heavy (non-hydrogen) atoms. The van der Waals surface area contributed by atoms with Crippen molar-refractivity contribution in [3.8, 4) is 0 Å². The first-order valence-corrected chi connectivity index (χ1v) is 14.8. The Hall–Kier alpha value is -2.26. The van der Waals surface area contributed by atoms with Gasteiger partial charge in [-0.05, 0) is 79.7 Å². The normalized spacial score (nSPS) is 29.3. The van der Waals surface area contributed by atoms with Crippen molar-refractivity contribution in [3.05, 3.63) is 63.1 Å². The third-order valence-corrected chi connectivity index (χ3v) is 9.37. The third kappa shape index (κ3) is 5.13. The van der Waals surface area contributed by atoms with Crippen LogP contribution in [0.15, 0.2) is 30.3 Å². The topological polar surface area (TPSA) is 90.5 Å². The van der Waals surface area contributed by atoms with E-state index in [1.807, 2.05) is 13.8 Å². The summed E-state index contributed by atoms with van der Waals surface area (Å²) in [6, 6.07) is 5.55. The minimum atomic E-state index is -1.49. The maximum atomic E-state index is 15.7. The lowest BCUT2D eigenvalue weighted by Gasteiger charge is -2.36. The van der Waals surface area contributed by atoms with Crippen molar-refractivity contribution >= 4 is 40.7 Å². The highest BCUT2D eigenvalue weighted by molar-refractivity contribution is 6.31. The highest BCUT2D eigenvalue weighted by Crippen LogP contribution is 2.56. The maximum absolute atomic E-state index is 15.7. The SMILES string of the molecule is CC(C)C[C@H]1N[C@@H](C(=O)NCCC[C@@H]2CC[C@@H](O)C2)[C@H](c2cccc(Cl)c2F)[C@@]12C(=O)Nc1cc(Cl)c(F)cc12. The second-order valence-corrected chi connectivity index (χ2v) is 12.7. The lowest BCUT2D eigenvalue weighted by atomic mass is 9.63. The van der Waals surface area contributed by atoms with E-state index in [4.69, 9.17) is 23.2 Å². The largest absolute Gasteiger partial charge is 0.393 e. The van der Waals surface area contributed by atoms with E-state index in [1.54, 1.807) is 6.07 Å². The standard InChI is InChI=1S/C30H35Cl2F2N3O3/c1-15(2)11-24-30(19-13-22(33)21(32)14-23(19)36-29(30)40)25(18-6-3-7-20(31)26(18)34)27(37-24)28(39)35-10-4-5-16-8-9-17(38)12-16/h3,6-7,13-17,24-25,27,37-38H,4-5,8-12H2,1-2H3,(H,35,39)(H,36,40)/t16-,17-,24-,25+,27-,30+/m1/s1. The van der Waals surface area contributed by atoms with Crippen molar-refractivity contribution < 1.29 is 23.5 Å². The Morgan fingerprint density at radius 1 is 1.20 bits per heavy atom. The lowest BCUT2D eigenvalue weighted by Crippen LogP contribution is -2.49. The fraction of sp³-hybridized carbons (Fsp3) is 0.533. The summed E-state index contributed by atoms with van der Waals surface area (Å²) in [6.07, 6.45) is 4.42. The molecule has 2 amide bonds. The van der Waals surface area contributed by atoms with E-state index in [0.29, 0.717) is 30.1 Å². The molecule has 6 nitrogen and oxygen atoms in total. The quantitative estimate of drug-likeness (QED) is 0.296. The Labute approximate surface area is 243 Å². The van der Waals surface area contributed by atoms with Crippen LogP contribution in [0.3, 0.4) is 0 Å². The van der Waals surface area contributed by atoms with Crippen LogP contribution in [0.1, 0.15) is 69.4 Å². The van der Waals surface area contributed by atoms with Gasteiger partial charge in [-0.3, -0.25) is 9.59 Å². The number of fused-ring (bicyclic) bond motifs is 2. The average Bonchev–Trinajstić information content (AvgIpc) is 3.54. The van der Waals surface area contributed by atoms with Gasteiger partial charge in [0.25, 0.3) is 0 Å². The third-order valence-electron chi connectivity index (χ3n) is 8.79. The van der Waals surface area contributed by atoms with Gasteiger partial charge in [0.2, 0.25) is 11.8 Å². The van der Waals surface area contributed by atoms with Crippen LogP contribution in [0.25, 0.3) is 0 Å². The van der Waals surface area contributed by atoms with E-state index >= 15 is 4.39 Å². The van der Waals surface area contributed by atoms with Crippen LogP contribution in [0, 0.1) is 23.5 Å². The number of benzene rings is 2. The average molecular weight is 595 g/mol. The summed E-state index contributed by atoms with van der Waals surface area (Å²) >= 11 is 12.3. The molecule has 2 aliphatic heterocycles. The highest BCUT2D eigenvalue weighted by atomic mass is 35.5. The van der Waals surface area contributed by atoms with Gasteiger partial charge in [0.15, 0.2) is 0 Å². The molecule has 0 aromatic heterocycles. The molecule has 0 bridgehead atoms. The first-order chi connectivity index (χ1) is 19.0. The van der Waals surface area contributed by atoms with Gasteiger partial charge in [-0.1, -0.05) is 49.2 Å². The summed E-state index contributed by atoms with van der Waals surface area (Å²) in [4.78, 5) is 27.8. The number of aliphatic hydroxyl groups excluding tert-OH is 1. The molecule has 5 rings (SSSR count). The summed E-state index contributed by atoms with van der Waals surface area (Å²) in [5, 5.41) is 18.7. The number of carbonyl (C=O) groups excluding carboxylic acids is 2. The van der Waals surface area contributed by atoms with Crippen LogP contribution in [0.2, 0.25) is 10.0 Å². The van der Waals surface area contributed by atoms with E-state index in [-0.39, 0.29) is 33.5 Å². The molecule has 6 atom stereocenters. The summed E-state index contributed by atoms with van der Waals surface area (Å²) in [6.45, 7) is 4.39. The molecule has 2 heterocycles. The van der Waals surface area contributed by atoms with Gasteiger partial charge in [-0.15, -0.1) is 0 Å². The van der Waals surface area contributed by atoms with Crippen LogP contribution in [-0.4, -0.2) is 41.7 Å². The molecule has 3 aliphatic rings. The molecule has 1 saturated carbocycles. The van der Waals surface area contributed by atoms with Crippen molar-refractivity contribution in [2.24, 2.45) is 11.8 Å². The molecule has 10 heteroatoms. The van der Waals surface area contributed by atoms with E-state index < -0.39 is 41.0 Å². The zero-order valence-electron chi connectivity index (χ0n) is 22.6. The molecule has 4 N–H and O–H groups in total. The van der Waals surface area contributed by atoms with Crippen LogP contribution in [-0.2, 0) is 15.0 Å². The summed E-state index contributed by atoms with van der Waals surface area (Å²) in [5.41, 5.74) is -0.681. The molecule has 216 valence electrons. The fourth-order valence-corrected chi connectivity index (χ4v) is 7.43. The Kier molecular flexibility index (Phi) is 8.44. The van der Waals surface area contributed by atoms with Crippen molar-refractivity contribution in [1.82, 2.24) is 10.6 Å². The second kappa shape index (κ2) is 11.6. The number of carbonyl (C=O) groups is 2. The minimum Gasteiger partial charge on any atom is -0.393 e. The van der Waals surface area contributed by atoms with Crippen LogP contribution >= 0.6 is 23.2 Å². The Balaban J connectivity index is 1.54. The zero-order valence-corrected chi connectivity index (χ0v) is 24.1. The molecular formula is C30H35Cl2F2N3O3. The first-order valence-electron chi connectivity index (χ1n) is 14.0. The fourth-order valence-electron chi connectivity index (χ4n) is 7.08. The van der Waals surface area contributed by atoms with Gasteiger partial charge in [0.05, 0.1) is 22.2 Å². The van der Waals surface area contributed by atoms with Crippen LogP contribution in [0.5, 0.6) is 0 Å². The maximum Gasteiger partial charge on any atom is 0.237 e. The van der Waals surface area contributed by atoms with E-state index in [2.05, 4.69) is 16.0 Å². The number of aliphatic hydroxyl groups is 1. The molecule has 2 fully saturated rings. The number of amides is 2. The molecule has 1 saturated heterocycles. The van der Waals surface area contributed by atoms with Crippen molar-refractivity contribution in [3.63, 3.8) is 0 Å². The predicted octanol–water partition coefficient (Wildman–Crippen LogP) is 5.69. The Morgan fingerprint density at radius 3 is 2.67 bits per heavy atom. The number of hydrogen-bond donors (Lipinski definition) is 4. The molecule has 2 aromatic rings. The first kappa shape index (κ1) is 29.2. The number of anilines is 1. The number of hydrogen-bond acceptors (Lipinski definition) is 4. The van der Waals surface area contributed by atoms with Crippen molar-refractivity contribution in [2.75, 3.05) is 11.9 Å². The molecule has 0 radical (unpaired) electrons. The summed E-state index contributed by atoms with van der Waals surface area (Å²) < 4.78 is 30.7. The molecule has 1 spiro atoms. The van der Waals surface area contributed by atoms with Crippen molar-refractivity contribution in [1.29, 1.82) is 0 Å². The minimum absolute atomic E-state index is 0.108. The highest BCUT2D eigenvalue weighted by Gasteiger charge is 2.66. The molecule has 2 aromatic carbocycles. The monoisotopic (exact) mass is 593 g/mol. The predicted molar refractivity (Wildman–Crippen MR) is 152 cm³/mol. The van der Waals surface area contributed by atoms with Gasteiger partial charge in [-0.2, -0.15) is 0 Å². The Bertz CT molecular complexity index is 1310. The van der Waals surface area contributed by atoms with Crippen LogP contribution in [0.4, 0.5) is 14.5 Å². The van der Waals surface area contributed by atoms with E-state index in [9.17, 15) is 19.1 Å². The smallest absolute Gasteiger partial charge is 0.237 e.